The molecular weight excluding hydrogens is 298 g/mol. The van der Waals surface area contributed by atoms with Crippen LogP contribution in [0.5, 0.6) is 5.75 Å². The van der Waals surface area contributed by atoms with E-state index < -0.39 is 4.92 Å². The molecule has 1 aliphatic rings. The number of nitro benzene ring substituents is 1. The lowest BCUT2D eigenvalue weighted by molar-refractivity contribution is -0.385. The average molecular weight is 321 g/mol. The molecule has 2 rings (SSSR count). The Bertz CT molecular complexity index is 603. The predicted octanol–water partition coefficient (Wildman–Crippen LogP) is 2.72. The number of nitrogens with one attached hydrogen (secondary N) is 1. The quantitative estimate of drug-likeness (QED) is 0.666. The summed E-state index contributed by atoms with van der Waals surface area (Å²) in [6.07, 6.45) is 3.43. The Morgan fingerprint density at radius 1 is 1.48 bits per heavy atom. The number of hydrogen-bond donors (Lipinski definition) is 1. The number of ether oxygens (including phenoxy) is 1. The van der Waals surface area contributed by atoms with Crippen LogP contribution < -0.4 is 10.1 Å². The smallest absolute Gasteiger partial charge is 0.311 e. The fourth-order valence-electron chi connectivity index (χ4n) is 2.88. The summed E-state index contributed by atoms with van der Waals surface area (Å²) in [5, 5.41) is 13.8. The fraction of sp³-hybridized carbons (Fsp3) is 0.562. The van der Waals surface area contributed by atoms with Gasteiger partial charge in [-0.15, -0.1) is 0 Å². The number of anilines is 1. The highest BCUT2D eigenvalue weighted by Crippen LogP contribution is 2.32. The van der Waals surface area contributed by atoms with Crippen LogP contribution in [0.1, 0.15) is 31.7 Å². The van der Waals surface area contributed by atoms with E-state index in [4.69, 9.17) is 4.74 Å². The summed E-state index contributed by atoms with van der Waals surface area (Å²) < 4.78 is 5.05. The number of aryl methyl sites for hydroxylation is 1. The summed E-state index contributed by atoms with van der Waals surface area (Å²) in [6.45, 7) is 5.12. The van der Waals surface area contributed by atoms with Gasteiger partial charge in [-0.3, -0.25) is 19.8 Å². The van der Waals surface area contributed by atoms with Crippen LogP contribution in [-0.2, 0) is 4.79 Å². The van der Waals surface area contributed by atoms with Gasteiger partial charge < -0.3 is 10.1 Å². The van der Waals surface area contributed by atoms with Gasteiger partial charge in [0.25, 0.3) is 0 Å². The van der Waals surface area contributed by atoms with E-state index in [2.05, 4.69) is 17.1 Å². The van der Waals surface area contributed by atoms with E-state index in [0.717, 1.165) is 19.4 Å². The second kappa shape index (κ2) is 7.41. The van der Waals surface area contributed by atoms with E-state index in [0.29, 0.717) is 23.8 Å². The van der Waals surface area contributed by atoms with Crippen molar-refractivity contribution in [3.05, 3.63) is 27.8 Å². The van der Waals surface area contributed by atoms with Crippen LogP contribution >= 0.6 is 0 Å². The molecule has 7 nitrogen and oxygen atoms in total. The second-order valence-corrected chi connectivity index (χ2v) is 5.96. The van der Waals surface area contributed by atoms with E-state index in [-0.39, 0.29) is 17.3 Å². The van der Waals surface area contributed by atoms with E-state index in [1.165, 1.54) is 25.7 Å². The first-order valence-corrected chi connectivity index (χ1v) is 7.79. The molecule has 1 N–H and O–H groups in total. The van der Waals surface area contributed by atoms with E-state index in [1.807, 2.05) is 0 Å². The van der Waals surface area contributed by atoms with Crippen molar-refractivity contribution in [1.29, 1.82) is 0 Å². The number of hydrogen-bond acceptors (Lipinski definition) is 5. The molecule has 1 aromatic carbocycles. The Morgan fingerprint density at radius 3 is 2.83 bits per heavy atom. The molecule has 0 aliphatic carbocycles. The van der Waals surface area contributed by atoms with Crippen LogP contribution in [0, 0.1) is 17.0 Å². The molecule has 1 heterocycles. The first-order chi connectivity index (χ1) is 10.9. The maximum Gasteiger partial charge on any atom is 0.311 e. The molecule has 1 saturated heterocycles. The number of nitrogens with zero attached hydrogens (tertiary/aromatic N) is 2. The number of rotatable bonds is 5. The summed E-state index contributed by atoms with van der Waals surface area (Å²) in [4.78, 5) is 24.9. The number of nitro groups is 1. The SMILES string of the molecule is COc1cc(NC(=O)CN2CCCC[C@@H]2C)c(C)cc1[N+](=O)[O-]. The van der Waals surface area contributed by atoms with Crippen LogP contribution in [0.15, 0.2) is 12.1 Å². The number of piperidine rings is 1. The van der Waals surface area contributed by atoms with Gasteiger partial charge in [0.1, 0.15) is 0 Å². The van der Waals surface area contributed by atoms with Gasteiger partial charge in [0, 0.05) is 23.9 Å². The molecule has 0 aromatic heterocycles. The number of amides is 1. The Balaban J connectivity index is 2.09. The summed E-state index contributed by atoms with van der Waals surface area (Å²) >= 11 is 0. The topological polar surface area (TPSA) is 84.7 Å². The van der Waals surface area contributed by atoms with Gasteiger partial charge in [0.05, 0.1) is 18.6 Å². The first kappa shape index (κ1) is 17.2. The van der Waals surface area contributed by atoms with Crippen molar-refractivity contribution < 1.29 is 14.5 Å². The average Bonchev–Trinajstić information content (AvgIpc) is 2.51. The molecule has 23 heavy (non-hydrogen) atoms. The summed E-state index contributed by atoms with van der Waals surface area (Å²) in [7, 11) is 1.37. The van der Waals surface area contributed by atoms with Crippen LogP contribution in [0.4, 0.5) is 11.4 Å². The zero-order chi connectivity index (χ0) is 17.0. The molecule has 0 radical (unpaired) electrons. The van der Waals surface area contributed by atoms with Crippen LogP contribution in [0.3, 0.4) is 0 Å². The highest BCUT2D eigenvalue weighted by atomic mass is 16.6. The maximum absolute atomic E-state index is 12.3. The van der Waals surface area contributed by atoms with Gasteiger partial charge in [-0.05, 0) is 38.8 Å². The normalized spacial score (nSPS) is 18.5. The van der Waals surface area contributed by atoms with Crippen molar-refractivity contribution in [3.8, 4) is 5.75 Å². The molecule has 7 heteroatoms. The third-order valence-corrected chi connectivity index (χ3v) is 4.28. The molecule has 1 amide bonds. The molecule has 1 aliphatic heterocycles. The molecule has 1 aromatic rings. The van der Waals surface area contributed by atoms with Crippen LogP contribution in [0.25, 0.3) is 0 Å². The first-order valence-electron chi connectivity index (χ1n) is 7.79. The lowest BCUT2D eigenvalue weighted by Gasteiger charge is -2.32. The number of carbonyl (C=O) groups is 1. The van der Waals surface area contributed by atoms with Crippen molar-refractivity contribution in [1.82, 2.24) is 4.90 Å². The minimum absolute atomic E-state index is 0.104. The van der Waals surface area contributed by atoms with Gasteiger partial charge in [-0.25, -0.2) is 0 Å². The standard InChI is InChI=1S/C16H23N3O4/c1-11-8-14(19(21)22)15(23-3)9-13(11)17-16(20)10-18-7-5-4-6-12(18)2/h8-9,12H,4-7,10H2,1-3H3,(H,17,20)/t12-/m0/s1. The summed E-state index contributed by atoms with van der Waals surface area (Å²) in [6, 6.07) is 3.32. The van der Waals surface area contributed by atoms with Gasteiger partial charge in [0.2, 0.25) is 5.91 Å². The highest BCUT2D eigenvalue weighted by molar-refractivity contribution is 5.93. The third kappa shape index (κ3) is 4.19. The van der Waals surface area contributed by atoms with Crippen molar-refractivity contribution in [2.24, 2.45) is 0 Å². The number of methoxy groups -OCH3 is 1. The molecular formula is C16H23N3O4. The molecule has 126 valence electrons. The number of benzene rings is 1. The fourth-order valence-corrected chi connectivity index (χ4v) is 2.88. The third-order valence-electron chi connectivity index (χ3n) is 4.28. The molecule has 0 saturated carbocycles. The van der Waals surface area contributed by atoms with Gasteiger partial charge >= 0.3 is 5.69 Å². The molecule has 0 spiro atoms. The van der Waals surface area contributed by atoms with Crippen LogP contribution in [0.2, 0.25) is 0 Å². The van der Waals surface area contributed by atoms with Gasteiger partial charge in [-0.1, -0.05) is 6.42 Å². The molecule has 0 unspecified atom stereocenters. The van der Waals surface area contributed by atoms with E-state index >= 15 is 0 Å². The Kier molecular flexibility index (Phi) is 5.54. The van der Waals surface area contributed by atoms with Crippen molar-refractivity contribution in [2.45, 2.75) is 39.2 Å². The zero-order valence-corrected chi connectivity index (χ0v) is 13.8. The van der Waals surface area contributed by atoms with Crippen LogP contribution in [-0.4, -0.2) is 42.0 Å². The Labute approximate surface area is 135 Å². The van der Waals surface area contributed by atoms with Gasteiger partial charge in [-0.2, -0.15) is 0 Å². The van der Waals surface area contributed by atoms with Crippen molar-refractivity contribution >= 4 is 17.3 Å². The molecule has 1 atom stereocenters. The minimum Gasteiger partial charge on any atom is -0.490 e. The largest absolute Gasteiger partial charge is 0.490 e. The number of carbonyl (C=O) groups excluding carboxylic acids is 1. The van der Waals surface area contributed by atoms with Gasteiger partial charge in [0.15, 0.2) is 5.75 Å². The highest BCUT2D eigenvalue weighted by Gasteiger charge is 2.22. The monoisotopic (exact) mass is 321 g/mol. The maximum atomic E-state index is 12.3. The van der Waals surface area contributed by atoms with E-state index in [9.17, 15) is 14.9 Å². The Morgan fingerprint density at radius 2 is 2.22 bits per heavy atom. The second-order valence-electron chi connectivity index (χ2n) is 5.96. The summed E-state index contributed by atoms with van der Waals surface area (Å²) in [5.41, 5.74) is 1.08. The lowest BCUT2D eigenvalue weighted by atomic mass is 10.0. The van der Waals surface area contributed by atoms with Crippen molar-refractivity contribution in [3.63, 3.8) is 0 Å². The lowest BCUT2D eigenvalue weighted by Crippen LogP contribution is -2.42. The predicted molar refractivity (Wildman–Crippen MR) is 87.9 cm³/mol. The molecule has 0 bridgehead atoms. The molecule has 1 fully saturated rings. The zero-order valence-electron chi connectivity index (χ0n) is 13.8. The van der Waals surface area contributed by atoms with Crippen molar-refractivity contribution in [2.75, 3.05) is 25.5 Å². The number of likely N-dealkylation sites (tertiary alicyclic amines) is 1. The minimum atomic E-state index is -0.493. The Hall–Kier alpha value is -2.15. The summed E-state index contributed by atoms with van der Waals surface area (Å²) in [5.74, 6) is 0.0278. The van der Waals surface area contributed by atoms with E-state index in [1.54, 1.807) is 6.92 Å².